The highest BCUT2D eigenvalue weighted by Crippen LogP contribution is 2.15. The highest BCUT2D eigenvalue weighted by atomic mass is 15.2. The molecule has 0 aromatic carbocycles. The van der Waals surface area contributed by atoms with Gasteiger partial charge in [0.2, 0.25) is 0 Å². The van der Waals surface area contributed by atoms with Gasteiger partial charge in [0.1, 0.15) is 5.82 Å². The first-order valence-corrected chi connectivity index (χ1v) is 6.06. The van der Waals surface area contributed by atoms with Crippen molar-refractivity contribution in [2.24, 2.45) is 7.05 Å². The second kappa shape index (κ2) is 4.97. The molecule has 1 aliphatic rings. The zero-order valence-corrected chi connectivity index (χ0v) is 10.5. The lowest BCUT2D eigenvalue weighted by molar-refractivity contribution is 0.168. The van der Waals surface area contributed by atoms with Crippen LogP contribution in [0.25, 0.3) is 0 Å². The van der Waals surface area contributed by atoms with Gasteiger partial charge in [0.25, 0.3) is 0 Å². The molecule has 0 radical (unpaired) electrons. The fourth-order valence-corrected chi connectivity index (χ4v) is 2.41. The third-order valence-electron chi connectivity index (χ3n) is 3.53. The monoisotopic (exact) mass is 222 g/mol. The third-order valence-corrected chi connectivity index (χ3v) is 3.53. The topological polar surface area (TPSA) is 33.1 Å². The van der Waals surface area contributed by atoms with E-state index in [1.54, 1.807) is 0 Å². The number of hydrogen-bond donors (Lipinski definition) is 1. The van der Waals surface area contributed by atoms with E-state index in [0.717, 1.165) is 18.9 Å². The van der Waals surface area contributed by atoms with Crippen LogP contribution in [-0.2, 0) is 13.6 Å². The summed E-state index contributed by atoms with van der Waals surface area (Å²) in [6.45, 7) is 4.35. The third kappa shape index (κ3) is 2.62. The molecule has 0 spiro atoms. The Morgan fingerprint density at radius 3 is 3.06 bits per heavy atom. The lowest BCUT2D eigenvalue weighted by Gasteiger charge is -2.34. The van der Waals surface area contributed by atoms with Crippen LogP contribution in [0.5, 0.6) is 0 Å². The Morgan fingerprint density at radius 1 is 1.62 bits per heavy atom. The molecule has 1 aliphatic heterocycles. The number of aromatic nitrogens is 2. The van der Waals surface area contributed by atoms with E-state index in [2.05, 4.69) is 40.8 Å². The van der Waals surface area contributed by atoms with E-state index in [4.69, 9.17) is 0 Å². The van der Waals surface area contributed by atoms with E-state index in [-0.39, 0.29) is 0 Å². The van der Waals surface area contributed by atoms with Gasteiger partial charge in [-0.05, 0) is 33.4 Å². The summed E-state index contributed by atoms with van der Waals surface area (Å²) in [5, 5.41) is 3.49. The minimum atomic E-state index is 0.641. The molecule has 1 fully saturated rings. The van der Waals surface area contributed by atoms with Gasteiger partial charge in [0.15, 0.2) is 0 Å². The zero-order chi connectivity index (χ0) is 11.5. The molecule has 16 heavy (non-hydrogen) atoms. The molecule has 2 atom stereocenters. The number of rotatable bonds is 3. The van der Waals surface area contributed by atoms with Gasteiger partial charge in [0, 0.05) is 31.5 Å². The number of piperidine rings is 1. The average molecular weight is 222 g/mol. The summed E-state index contributed by atoms with van der Waals surface area (Å²) in [4.78, 5) is 6.81. The Morgan fingerprint density at radius 2 is 2.44 bits per heavy atom. The standard InChI is InChI=1S/C12H22N4/c1-10-8-11(4-5-13-10)16(3)9-12-14-6-7-15(12)2/h6-7,10-11,13H,4-5,8-9H2,1-3H3. The number of nitrogens with one attached hydrogen (secondary N) is 1. The summed E-state index contributed by atoms with van der Waals surface area (Å²) in [6.07, 6.45) is 6.36. The molecular formula is C12H22N4. The maximum Gasteiger partial charge on any atom is 0.122 e. The summed E-state index contributed by atoms with van der Waals surface area (Å²) in [7, 11) is 4.26. The normalized spacial score (nSPS) is 26.2. The largest absolute Gasteiger partial charge is 0.337 e. The summed E-state index contributed by atoms with van der Waals surface area (Å²) in [6, 6.07) is 1.33. The first-order valence-electron chi connectivity index (χ1n) is 6.06. The van der Waals surface area contributed by atoms with Crippen molar-refractivity contribution in [3.05, 3.63) is 18.2 Å². The predicted molar refractivity (Wildman–Crippen MR) is 65.2 cm³/mol. The minimum Gasteiger partial charge on any atom is -0.337 e. The highest BCUT2D eigenvalue weighted by Gasteiger charge is 2.22. The maximum absolute atomic E-state index is 4.38. The van der Waals surface area contributed by atoms with Crippen molar-refractivity contribution in [2.45, 2.75) is 38.4 Å². The van der Waals surface area contributed by atoms with Crippen molar-refractivity contribution in [3.63, 3.8) is 0 Å². The Labute approximate surface area is 97.7 Å². The molecule has 1 saturated heterocycles. The molecule has 2 unspecified atom stereocenters. The van der Waals surface area contributed by atoms with Crippen LogP contribution in [0.3, 0.4) is 0 Å². The number of hydrogen-bond acceptors (Lipinski definition) is 3. The van der Waals surface area contributed by atoms with Gasteiger partial charge in [-0.3, -0.25) is 4.90 Å². The molecule has 4 nitrogen and oxygen atoms in total. The fourth-order valence-electron chi connectivity index (χ4n) is 2.41. The van der Waals surface area contributed by atoms with Gasteiger partial charge in [-0.1, -0.05) is 0 Å². The predicted octanol–water partition coefficient (Wildman–Crippen LogP) is 0.992. The average Bonchev–Trinajstić information content (AvgIpc) is 2.64. The Bertz CT molecular complexity index is 334. The lowest BCUT2D eigenvalue weighted by Crippen LogP contribution is -2.45. The molecular weight excluding hydrogens is 200 g/mol. The molecule has 0 bridgehead atoms. The number of aryl methyl sites for hydroxylation is 1. The van der Waals surface area contributed by atoms with Crippen LogP contribution in [0.2, 0.25) is 0 Å². The molecule has 1 aromatic rings. The molecule has 90 valence electrons. The quantitative estimate of drug-likeness (QED) is 0.828. The van der Waals surface area contributed by atoms with E-state index >= 15 is 0 Å². The van der Waals surface area contributed by atoms with Crippen LogP contribution < -0.4 is 5.32 Å². The summed E-state index contributed by atoms with van der Waals surface area (Å²) in [5.41, 5.74) is 0. The maximum atomic E-state index is 4.38. The van der Waals surface area contributed by atoms with E-state index < -0.39 is 0 Å². The molecule has 0 saturated carbocycles. The Kier molecular flexibility index (Phi) is 3.61. The summed E-state index contributed by atoms with van der Waals surface area (Å²) < 4.78 is 2.10. The van der Waals surface area contributed by atoms with E-state index in [0.29, 0.717) is 12.1 Å². The molecule has 4 heteroatoms. The molecule has 0 aliphatic carbocycles. The van der Waals surface area contributed by atoms with Crippen molar-refractivity contribution in [1.82, 2.24) is 19.8 Å². The van der Waals surface area contributed by atoms with Crippen LogP contribution in [-0.4, -0.2) is 40.1 Å². The van der Waals surface area contributed by atoms with Crippen LogP contribution in [0.15, 0.2) is 12.4 Å². The van der Waals surface area contributed by atoms with Gasteiger partial charge >= 0.3 is 0 Å². The molecule has 2 heterocycles. The summed E-state index contributed by atoms with van der Waals surface area (Å²) in [5.74, 6) is 1.15. The molecule has 0 amide bonds. The number of imidazole rings is 1. The van der Waals surface area contributed by atoms with Crippen LogP contribution >= 0.6 is 0 Å². The molecule has 1 N–H and O–H groups in total. The first-order chi connectivity index (χ1) is 7.66. The van der Waals surface area contributed by atoms with Crippen molar-refractivity contribution >= 4 is 0 Å². The zero-order valence-electron chi connectivity index (χ0n) is 10.5. The second-order valence-electron chi connectivity index (χ2n) is 4.90. The van der Waals surface area contributed by atoms with Gasteiger partial charge in [-0.25, -0.2) is 4.98 Å². The second-order valence-corrected chi connectivity index (χ2v) is 4.90. The highest BCUT2D eigenvalue weighted by molar-refractivity contribution is 4.92. The molecule has 2 rings (SSSR count). The Hall–Kier alpha value is -0.870. The summed E-state index contributed by atoms with van der Waals surface area (Å²) >= 11 is 0. The van der Waals surface area contributed by atoms with Crippen molar-refractivity contribution in [2.75, 3.05) is 13.6 Å². The Balaban J connectivity index is 1.92. The van der Waals surface area contributed by atoms with Crippen molar-refractivity contribution in [1.29, 1.82) is 0 Å². The van der Waals surface area contributed by atoms with Crippen LogP contribution in [0.4, 0.5) is 0 Å². The van der Waals surface area contributed by atoms with Crippen molar-refractivity contribution in [3.8, 4) is 0 Å². The van der Waals surface area contributed by atoms with E-state index in [9.17, 15) is 0 Å². The minimum absolute atomic E-state index is 0.641. The smallest absolute Gasteiger partial charge is 0.122 e. The molecule has 1 aromatic heterocycles. The van der Waals surface area contributed by atoms with E-state index in [1.807, 2.05) is 12.4 Å². The van der Waals surface area contributed by atoms with Gasteiger partial charge in [-0.15, -0.1) is 0 Å². The van der Waals surface area contributed by atoms with Crippen molar-refractivity contribution < 1.29 is 0 Å². The lowest BCUT2D eigenvalue weighted by atomic mass is 9.99. The van der Waals surface area contributed by atoms with Gasteiger partial charge in [-0.2, -0.15) is 0 Å². The SMILES string of the molecule is CC1CC(N(C)Cc2nccn2C)CCN1. The van der Waals surface area contributed by atoms with Gasteiger partial charge < -0.3 is 9.88 Å². The van der Waals surface area contributed by atoms with Crippen LogP contribution in [0.1, 0.15) is 25.6 Å². The van der Waals surface area contributed by atoms with Crippen LogP contribution in [0, 0.1) is 0 Å². The van der Waals surface area contributed by atoms with E-state index in [1.165, 1.54) is 12.8 Å². The number of nitrogens with zero attached hydrogens (tertiary/aromatic N) is 3. The van der Waals surface area contributed by atoms with Gasteiger partial charge in [0.05, 0.1) is 6.54 Å². The first kappa shape index (κ1) is 11.6. The fraction of sp³-hybridized carbons (Fsp3) is 0.750.